The minimum absolute atomic E-state index is 0.122. The monoisotopic (exact) mass is 554 g/mol. The summed E-state index contributed by atoms with van der Waals surface area (Å²) in [6.45, 7) is 2.46. The van der Waals surface area contributed by atoms with E-state index in [-0.39, 0.29) is 30.4 Å². The van der Waals surface area contributed by atoms with Crippen molar-refractivity contribution in [1.29, 1.82) is 0 Å². The molecule has 0 aliphatic carbocycles. The topological polar surface area (TPSA) is 92.7 Å². The smallest absolute Gasteiger partial charge is 0.245 e. The van der Waals surface area contributed by atoms with E-state index in [4.69, 9.17) is 9.72 Å². The van der Waals surface area contributed by atoms with E-state index in [1.165, 1.54) is 33.8 Å². The van der Waals surface area contributed by atoms with Gasteiger partial charge in [0.15, 0.2) is 5.13 Å². The molecule has 8 nitrogen and oxygen atoms in total. The van der Waals surface area contributed by atoms with Crippen LogP contribution in [0, 0.1) is 18.7 Å². The molecule has 1 fully saturated rings. The molecule has 1 amide bonds. The number of methoxy groups -OCH3 is 1. The Bertz CT molecular complexity index is 1570. The third-order valence-corrected chi connectivity index (χ3v) is 9.86. The highest BCUT2D eigenvalue weighted by atomic mass is 32.2. The molecule has 0 spiro atoms. The molecule has 0 N–H and O–H groups in total. The van der Waals surface area contributed by atoms with Crippen LogP contribution in [0.15, 0.2) is 65.7 Å². The molecule has 198 valence electrons. The highest BCUT2D eigenvalue weighted by molar-refractivity contribution is 7.89. The Morgan fingerprint density at radius 3 is 2.55 bits per heavy atom. The number of pyridine rings is 1. The summed E-state index contributed by atoms with van der Waals surface area (Å²) in [6.07, 6.45) is 2.31. The van der Waals surface area contributed by atoms with E-state index >= 15 is 0 Å². The van der Waals surface area contributed by atoms with E-state index in [0.29, 0.717) is 34.9 Å². The summed E-state index contributed by atoms with van der Waals surface area (Å²) >= 11 is 1.42. The molecule has 0 atom stereocenters. The number of anilines is 1. The number of amides is 1. The number of nitrogens with zero attached hydrogens (tertiary/aromatic N) is 4. The van der Waals surface area contributed by atoms with Crippen LogP contribution in [0.25, 0.3) is 10.2 Å². The summed E-state index contributed by atoms with van der Waals surface area (Å²) in [7, 11) is -2.41. The van der Waals surface area contributed by atoms with Crippen molar-refractivity contribution >= 4 is 42.6 Å². The zero-order valence-electron chi connectivity index (χ0n) is 21.0. The first-order chi connectivity index (χ1) is 18.3. The molecule has 38 heavy (non-hydrogen) atoms. The van der Waals surface area contributed by atoms with Gasteiger partial charge in [0.05, 0.1) is 24.0 Å². The SMILES string of the molecule is COc1ccc(C)c2sc(N(Cc3ccccn3)C(=O)C3CCN(S(=O)(=O)c4ccccc4F)CC3)nc12. The third-order valence-electron chi connectivity index (χ3n) is 6.71. The number of aromatic nitrogens is 2. The van der Waals surface area contributed by atoms with Gasteiger partial charge in [0.1, 0.15) is 22.0 Å². The van der Waals surface area contributed by atoms with Crippen LogP contribution < -0.4 is 9.64 Å². The van der Waals surface area contributed by atoms with Gasteiger partial charge in [0.25, 0.3) is 0 Å². The van der Waals surface area contributed by atoms with Crippen LogP contribution in [0.5, 0.6) is 5.75 Å². The van der Waals surface area contributed by atoms with Gasteiger partial charge in [-0.1, -0.05) is 35.6 Å². The van der Waals surface area contributed by atoms with Gasteiger partial charge < -0.3 is 4.74 Å². The lowest BCUT2D eigenvalue weighted by Crippen LogP contribution is -2.44. The van der Waals surface area contributed by atoms with Crippen molar-refractivity contribution < 1.29 is 22.3 Å². The number of fused-ring (bicyclic) bond motifs is 1. The van der Waals surface area contributed by atoms with Gasteiger partial charge >= 0.3 is 0 Å². The summed E-state index contributed by atoms with van der Waals surface area (Å²) in [5.41, 5.74) is 2.43. The first kappa shape index (κ1) is 26.2. The van der Waals surface area contributed by atoms with Crippen LogP contribution >= 0.6 is 11.3 Å². The molecule has 2 aromatic carbocycles. The highest BCUT2D eigenvalue weighted by Gasteiger charge is 2.36. The Morgan fingerprint density at radius 2 is 1.87 bits per heavy atom. The van der Waals surface area contributed by atoms with E-state index in [2.05, 4.69) is 4.98 Å². The maximum absolute atomic E-state index is 14.2. The largest absolute Gasteiger partial charge is 0.494 e. The van der Waals surface area contributed by atoms with E-state index in [1.54, 1.807) is 18.2 Å². The fourth-order valence-corrected chi connectivity index (χ4v) is 7.22. The second-order valence-electron chi connectivity index (χ2n) is 9.11. The molecule has 5 rings (SSSR count). The third kappa shape index (κ3) is 5.01. The van der Waals surface area contributed by atoms with Gasteiger partial charge in [-0.25, -0.2) is 17.8 Å². The molecular weight excluding hydrogens is 527 g/mol. The minimum Gasteiger partial charge on any atom is -0.494 e. The summed E-state index contributed by atoms with van der Waals surface area (Å²) in [5, 5.41) is 0.532. The zero-order chi connectivity index (χ0) is 26.9. The van der Waals surface area contributed by atoms with Crippen molar-refractivity contribution in [3.63, 3.8) is 0 Å². The normalized spacial score (nSPS) is 15.0. The lowest BCUT2D eigenvalue weighted by Gasteiger charge is -2.33. The molecule has 0 unspecified atom stereocenters. The van der Waals surface area contributed by atoms with Crippen LogP contribution in [-0.4, -0.2) is 48.8 Å². The lowest BCUT2D eigenvalue weighted by atomic mass is 9.96. The van der Waals surface area contributed by atoms with Crippen LogP contribution in [0.1, 0.15) is 24.1 Å². The quantitative estimate of drug-likeness (QED) is 0.327. The van der Waals surface area contributed by atoms with E-state index < -0.39 is 21.8 Å². The predicted octanol–water partition coefficient (Wildman–Crippen LogP) is 4.78. The maximum Gasteiger partial charge on any atom is 0.245 e. The molecule has 1 saturated heterocycles. The van der Waals surface area contributed by atoms with Crippen molar-refractivity contribution in [2.75, 3.05) is 25.1 Å². The highest BCUT2D eigenvalue weighted by Crippen LogP contribution is 2.38. The number of aryl methyl sites for hydroxylation is 1. The van der Waals surface area contributed by atoms with Crippen molar-refractivity contribution in [2.45, 2.75) is 31.2 Å². The number of ether oxygens (including phenoxy) is 1. The molecular formula is C27H27FN4O4S2. The molecule has 4 aromatic rings. The summed E-state index contributed by atoms with van der Waals surface area (Å²) in [6, 6.07) is 14.7. The van der Waals surface area contributed by atoms with Crippen molar-refractivity contribution in [3.8, 4) is 5.75 Å². The van der Waals surface area contributed by atoms with Gasteiger partial charge in [-0.15, -0.1) is 0 Å². The number of carbonyl (C=O) groups excluding carboxylic acids is 1. The molecule has 3 heterocycles. The first-order valence-corrected chi connectivity index (χ1v) is 14.5. The van der Waals surface area contributed by atoms with Crippen LogP contribution in [0.3, 0.4) is 0 Å². The average Bonchev–Trinajstić information content (AvgIpc) is 3.39. The Hall–Kier alpha value is -3.41. The Labute approximate surface area is 224 Å². The number of rotatable bonds is 7. The van der Waals surface area contributed by atoms with Crippen LogP contribution in [0.4, 0.5) is 9.52 Å². The standard InChI is InChI=1S/C27H27FN4O4S2/c1-18-10-11-22(36-2)24-25(18)37-27(30-24)32(17-20-7-5-6-14-29-20)26(33)19-12-15-31(16-13-19)38(34,35)23-9-4-3-8-21(23)28/h3-11,14,19H,12-13,15-17H2,1-2H3. The predicted molar refractivity (Wildman–Crippen MR) is 144 cm³/mol. The van der Waals surface area contributed by atoms with Crippen molar-refractivity contribution in [3.05, 3.63) is 77.9 Å². The number of hydrogen-bond acceptors (Lipinski definition) is 7. The minimum atomic E-state index is -3.99. The van der Waals surface area contributed by atoms with Gasteiger partial charge in [-0.2, -0.15) is 4.31 Å². The van der Waals surface area contributed by atoms with Gasteiger partial charge in [-0.05, 0) is 55.7 Å². The lowest BCUT2D eigenvalue weighted by molar-refractivity contribution is -0.123. The van der Waals surface area contributed by atoms with Gasteiger partial charge in [0, 0.05) is 25.2 Å². The molecule has 0 saturated carbocycles. The maximum atomic E-state index is 14.2. The molecule has 0 radical (unpaired) electrons. The Balaban J connectivity index is 1.42. The molecule has 0 bridgehead atoms. The number of benzene rings is 2. The summed E-state index contributed by atoms with van der Waals surface area (Å²) in [4.78, 5) is 24.4. The summed E-state index contributed by atoms with van der Waals surface area (Å²) in [5.74, 6) is -0.714. The number of hydrogen-bond donors (Lipinski definition) is 0. The first-order valence-electron chi connectivity index (χ1n) is 12.2. The molecule has 2 aromatic heterocycles. The Morgan fingerprint density at radius 1 is 1.13 bits per heavy atom. The fraction of sp³-hybridized carbons (Fsp3) is 0.296. The van der Waals surface area contributed by atoms with E-state index in [9.17, 15) is 17.6 Å². The fourth-order valence-electron chi connectivity index (χ4n) is 4.63. The van der Waals surface area contributed by atoms with Gasteiger partial charge in [-0.3, -0.25) is 14.7 Å². The summed E-state index contributed by atoms with van der Waals surface area (Å²) < 4.78 is 48.0. The Kier molecular flexibility index (Phi) is 7.42. The van der Waals surface area contributed by atoms with E-state index in [0.717, 1.165) is 16.3 Å². The number of sulfonamides is 1. The van der Waals surface area contributed by atoms with Crippen LogP contribution in [0.2, 0.25) is 0 Å². The van der Waals surface area contributed by atoms with Crippen LogP contribution in [-0.2, 0) is 21.4 Å². The van der Waals surface area contributed by atoms with Crippen molar-refractivity contribution in [1.82, 2.24) is 14.3 Å². The van der Waals surface area contributed by atoms with Gasteiger partial charge in [0.2, 0.25) is 15.9 Å². The number of halogens is 1. The average molecular weight is 555 g/mol. The van der Waals surface area contributed by atoms with E-state index in [1.807, 2.05) is 37.3 Å². The number of piperidine rings is 1. The zero-order valence-corrected chi connectivity index (χ0v) is 22.6. The second-order valence-corrected chi connectivity index (χ2v) is 12.0. The molecule has 1 aliphatic heterocycles. The second kappa shape index (κ2) is 10.8. The molecule has 1 aliphatic rings. The molecule has 11 heteroatoms. The van der Waals surface area contributed by atoms with Crippen molar-refractivity contribution in [2.24, 2.45) is 5.92 Å². The number of thiazole rings is 1. The number of carbonyl (C=O) groups is 1.